The summed E-state index contributed by atoms with van der Waals surface area (Å²) in [6.45, 7) is 4.42. The Morgan fingerprint density at radius 1 is 1.21 bits per heavy atom. The van der Waals surface area contributed by atoms with E-state index in [-0.39, 0.29) is 0 Å². The molecule has 2 aromatic rings. The summed E-state index contributed by atoms with van der Waals surface area (Å²) >= 11 is 3.51. The van der Waals surface area contributed by atoms with Gasteiger partial charge in [0.05, 0.1) is 6.26 Å². The fourth-order valence-corrected chi connectivity index (χ4v) is 2.61. The molecule has 0 saturated carbocycles. The lowest BCUT2D eigenvalue weighted by Gasteiger charge is -2.20. The van der Waals surface area contributed by atoms with Crippen LogP contribution in [0.2, 0.25) is 0 Å². The van der Waals surface area contributed by atoms with Crippen molar-refractivity contribution in [1.29, 1.82) is 0 Å². The number of halogens is 1. The molecule has 2 rings (SSSR count). The van der Waals surface area contributed by atoms with Crippen molar-refractivity contribution >= 4 is 15.9 Å². The van der Waals surface area contributed by atoms with Gasteiger partial charge >= 0.3 is 0 Å². The van der Waals surface area contributed by atoms with Crippen molar-refractivity contribution in [1.82, 2.24) is 5.32 Å². The normalized spacial score (nSPS) is 14.3. The summed E-state index contributed by atoms with van der Waals surface area (Å²) in [5.41, 5.74) is 1.30. The Bertz CT molecular complexity index is 495. The molecule has 0 saturated heterocycles. The maximum Gasteiger partial charge on any atom is 0.103 e. The number of rotatable bonds is 6. The fourth-order valence-electron chi connectivity index (χ4n) is 2.20. The van der Waals surface area contributed by atoms with E-state index in [0.29, 0.717) is 12.1 Å². The Morgan fingerprint density at radius 2 is 2.05 bits per heavy atom. The zero-order valence-corrected chi connectivity index (χ0v) is 13.0. The molecule has 0 amide bonds. The van der Waals surface area contributed by atoms with Crippen molar-refractivity contribution in [3.8, 4) is 0 Å². The smallest absolute Gasteiger partial charge is 0.103 e. The molecule has 1 aromatic carbocycles. The lowest BCUT2D eigenvalue weighted by molar-refractivity contribution is 0.430. The third-order valence-corrected chi connectivity index (χ3v) is 3.78. The second-order valence-corrected chi connectivity index (χ2v) is 5.88. The quantitative estimate of drug-likeness (QED) is 0.833. The lowest BCUT2D eigenvalue weighted by Crippen LogP contribution is -2.29. The van der Waals surface area contributed by atoms with Crippen molar-refractivity contribution in [2.24, 2.45) is 0 Å². The highest BCUT2D eigenvalue weighted by molar-refractivity contribution is 9.10. The van der Waals surface area contributed by atoms with E-state index in [1.807, 2.05) is 12.1 Å². The van der Waals surface area contributed by atoms with E-state index in [1.54, 1.807) is 6.26 Å². The first-order valence-corrected chi connectivity index (χ1v) is 7.48. The third-order valence-electron chi connectivity index (χ3n) is 3.29. The van der Waals surface area contributed by atoms with E-state index < -0.39 is 0 Å². The second-order valence-electron chi connectivity index (χ2n) is 4.96. The largest absolute Gasteiger partial charge is 0.469 e. The van der Waals surface area contributed by atoms with Gasteiger partial charge in [-0.3, -0.25) is 0 Å². The van der Waals surface area contributed by atoms with Crippen LogP contribution in [0.4, 0.5) is 0 Å². The van der Waals surface area contributed by atoms with E-state index in [0.717, 1.165) is 23.1 Å². The second kappa shape index (κ2) is 6.92. The zero-order chi connectivity index (χ0) is 13.7. The van der Waals surface area contributed by atoms with E-state index in [4.69, 9.17) is 4.42 Å². The van der Waals surface area contributed by atoms with Gasteiger partial charge in [-0.15, -0.1) is 0 Å². The summed E-state index contributed by atoms with van der Waals surface area (Å²) < 4.78 is 6.48. The average Bonchev–Trinajstić information content (AvgIpc) is 2.89. The Hall–Kier alpha value is -1.06. The molecule has 0 aliphatic heterocycles. The number of benzene rings is 1. The minimum atomic E-state index is 0.351. The SMILES string of the molecule is CC(CCc1ccco1)N[C@@H](C)c1cccc(Br)c1. The van der Waals surface area contributed by atoms with Gasteiger partial charge in [0, 0.05) is 23.0 Å². The predicted molar refractivity (Wildman–Crippen MR) is 82.2 cm³/mol. The number of furan rings is 1. The summed E-state index contributed by atoms with van der Waals surface area (Å²) in [5, 5.41) is 3.62. The van der Waals surface area contributed by atoms with Gasteiger partial charge in [-0.1, -0.05) is 28.1 Å². The lowest BCUT2D eigenvalue weighted by atomic mass is 10.1. The molecule has 2 nitrogen and oxygen atoms in total. The number of nitrogens with one attached hydrogen (secondary N) is 1. The molecule has 0 radical (unpaired) electrons. The van der Waals surface area contributed by atoms with Gasteiger partial charge in [0.15, 0.2) is 0 Å². The molecule has 0 aliphatic carbocycles. The molecule has 1 aromatic heterocycles. The Balaban J connectivity index is 1.83. The summed E-state index contributed by atoms with van der Waals surface area (Å²) in [4.78, 5) is 0. The fraction of sp³-hybridized carbons (Fsp3) is 0.375. The van der Waals surface area contributed by atoms with Crippen molar-refractivity contribution in [3.05, 3.63) is 58.5 Å². The van der Waals surface area contributed by atoms with Crippen LogP contribution in [0.5, 0.6) is 0 Å². The molecule has 0 spiro atoms. The zero-order valence-electron chi connectivity index (χ0n) is 11.4. The first-order chi connectivity index (χ1) is 9.15. The molecule has 0 aliphatic rings. The van der Waals surface area contributed by atoms with Crippen LogP contribution in [0.3, 0.4) is 0 Å². The summed E-state index contributed by atoms with van der Waals surface area (Å²) in [6.07, 6.45) is 3.79. The van der Waals surface area contributed by atoms with Crippen LogP contribution < -0.4 is 5.32 Å². The van der Waals surface area contributed by atoms with Crippen molar-refractivity contribution in [2.45, 2.75) is 38.8 Å². The first-order valence-electron chi connectivity index (χ1n) is 6.69. The highest BCUT2D eigenvalue weighted by Gasteiger charge is 2.10. The number of hydrogen-bond acceptors (Lipinski definition) is 2. The van der Waals surface area contributed by atoms with Crippen molar-refractivity contribution < 1.29 is 4.42 Å². The van der Waals surface area contributed by atoms with Crippen LogP contribution in [0.1, 0.15) is 37.6 Å². The van der Waals surface area contributed by atoms with Gasteiger partial charge in [-0.05, 0) is 50.1 Å². The maximum atomic E-state index is 5.36. The van der Waals surface area contributed by atoms with Gasteiger partial charge in [0.25, 0.3) is 0 Å². The van der Waals surface area contributed by atoms with Crippen LogP contribution in [0.25, 0.3) is 0 Å². The van der Waals surface area contributed by atoms with Gasteiger partial charge in [-0.25, -0.2) is 0 Å². The van der Waals surface area contributed by atoms with Gasteiger partial charge in [0.2, 0.25) is 0 Å². The summed E-state index contributed by atoms with van der Waals surface area (Å²) in [7, 11) is 0. The molecule has 1 N–H and O–H groups in total. The summed E-state index contributed by atoms with van der Waals surface area (Å²) in [6, 6.07) is 13.2. The molecule has 1 heterocycles. The molecule has 19 heavy (non-hydrogen) atoms. The number of hydrogen-bond donors (Lipinski definition) is 1. The van der Waals surface area contributed by atoms with E-state index in [1.165, 1.54) is 5.56 Å². The minimum absolute atomic E-state index is 0.351. The van der Waals surface area contributed by atoms with Gasteiger partial charge in [0.1, 0.15) is 5.76 Å². The molecule has 3 heteroatoms. The van der Waals surface area contributed by atoms with Gasteiger partial charge < -0.3 is 9.73 Å². The molecule has 1 unspecified atom stereocenters. The Labute approximate surface area is 123 Å². The molecule has 0 fully saturated rings. The van der Waals surface area contributed by atoms with Crippen LogP contribution in [0, 0.1) is 0 Å². The standard InChI is InChI=1S/C16H20BrNO/c1-12(8-9-16-7-4-10-19-16)18-13(2)14-5-3-6-15(17)11-14/h3-7,10-13,18H,8-9H2,1-2H3/t12?,13-/m0/s1. The van der Waals surface area contributed by atoms with E-state index in [2.05, 4.69) is 59.4 Å². The average molecular weight is 322 g/mol. The highest BCUT2D eigenvalue weighted by atomic mass is 79.9. The maximum absolute atomic E-state index is 5.36. The highest BCUT2D eigenvalue weighted by Crippen LogP contribution is 2.19. The molecule has 0 bridgehead atoms. The van der Waals surface area contributed by atoms with Gasteiger partial charge in [-0.2, -0.15) is 0 Å². The topological polar surface area (TPSA) is 25.2 Å². The number of aryl methyl sites for hydroxylation is 1. The van der Waals surface area contributed by atoms with E-state index in [9.17, 15) is 0 Å². The molecule has 2 atom stereocenters. The van der Waals surface area contributed by atoms with Crippen molar-refractivity contribution in [2.75, 3.05) is 0 Å². The molecule has 102 valence electrons. The first kappa shape index (κ1) is 14.4. The Kier molecular flexibility index (Phi) is 5.23. The van der Waals surface area contributed by atoms with E-state index >= 15 is 0 Å². The van der Waals surface area contributed by atoms with Crippen LogP contribution in [-0.2, 0) is 6.42 Å². The predicted octanol–water partition coefficient (Wildman–Crippen LogP) is 4.71. The van der Waals surface area contributed by atoms with Crippen LogP contribution >= 0.6 is 15.9 Å². The molecular weight excluding hydrogens is 302 g/mol. The van der Waals surface area contributed by atoms with Crippen LogP contribution in [-0.4, -0.2) is 6.04 Å². The van der Waals surface area contributed by atoms with Crippen molar-refractivity contribution in [3.63, 3.8) is 0 Å². The van der Waals surface area contributed by atoms with Crippen LogP contribution in [0.15, 0.2) is 51.6 Å². The summed E-state index contributed by atoms with van der Waals surface area (Å²) in [5.74, 6) is 1.06. The Morgan fingerprint density at radius 3 is 2.74 bits per heavy atom. The minimum Gasteiger partial charge on any atom is -0.469 e. The molecular formula is C16H20BrNO. The monoisotopic (exact) mass is 321 g/mol. The third kappa shape index (κ3) is 4.51.